The highest BCUT2D eigenvalue weighted by atomic mass is 16.3. The summed E-state index contributed by atoms with van der Waals surface area (Å²) in [5.41, 5.74) is 0. The SMILES string of the molecule is CC(=O)C1CCCN2C(=O)CCC(O)C(=O)N12. The number of carbonyl (C=O) groups excluding carboxylic acids is 3. The molecule has 2 unspecified atom stereocenters. The molecule has 0 aromatic rings. The maximum atomic E-state index is 12.0. The number of aliphatic hydroxyl groups excluding tert-OH is 1. The molecule has 17 heavy (non-hydrogen) atoms. The Bertz CT molecular complexity index is 368. The molecule has 94 valence electrons. The van der Waals surface area contributed by atoms with Crippen molar-refractivity contribution in [2.75, 3.05) is 6.54 Å². The van der Waals surface area contributed by atoms with Gasteiger partial charge in [0, 0.05) is 13.0 Å². The van der Waals surface area contributed by atoms with Gasteiger partial charge in [-0.1, -0.05) is 0 Å². The van der Waals surface area contributed by atoms with Gasteiger partial charge < -0.3 is 5.11 Å². The monoisotopic (exact) mass is 240 g/mol. The van der Waals surface area contributed by atoms with Crippen LogP contribution in [0.5, 0.6) is 0 Å². The fraction of sp³-hybridized carbons (Fsp3) is 0.727. The Balaban J connectivity index is 2.34. The van der Waals surface area contributed by atoms with E-state index in [2.05, 4.69) is 0 Å². The Morgan fingerprint density at radius 1 is 1.35 bits per heavy atom. The fourth-order valence-corrected chi connectivity index (χ4v) is 2.39. The highest BCUT2D eigenvalue weighted by molar-refractivity contribution is 5.92. The molecule has 0 saturated carbocycles. The van der Waals surface area contributed by atoms with Crippen molar-refractivity contribution in [1.29, 1.82) is 0 Å². The van der Waals surface area contributed by atoms with Gasteiger partial charge in [-0.25, -0.2) is 5.01 Å². The minimum Gasteiger partial charge on any atom is -0.383 e. The number of amides is 2. The largest absolute Gasteiger partial charge is 0.383 e. The summed E-state index contributed by atoms with van der Waals surface area (Å²) in [5.74, 6) is -0.874. The summed E-state index contributed by atoms with van der Waals surface area (Å²) in [4.78, 5) is 35.3. The standard InChI is InChI=1S/C11H16N2O4/c1-7(14)8-3-2-6-12-10(16)5-4-9(15)11(17)13(8)12/h8-9,15H,2-6H2,1H3. The third-order valence-corrected chi connectivity index (χ3v) is 3.30. The predicted molar refractivity (Wildman–Crippen MR) is 57.5 cm³/mol. The van der Waals surface area contributed by atoms with Crippen LogP contribution in [0, 0.1) is 0 Å². The van der Waals surface area contributed by atoms with E-state index in [1.807, 2.05) is 0 Å². The second-order valence-corrected chi connectivity index (χ2v) is 4.52. The molecule has 6 heteroatoms. The van der Waals surface area contributed by atoms with Crippen LogP contribution in [0.15, 0.2) is 0 Å². The molecule has 1 N–H and O–H groups in total. The predicted octanol–water partition coefficient (Wildman–Crippen LogP) is -0.535. The van der Waals surface area contributed by atoms with Gasteiger partial charge in [-0.2, -0.15) is 0 Å². The van der Waals surface area contributed by atoms with Gasteiger partial charge in [0.25, 0.3) is 5.91 Å². The van der Waals surface area contributed by atoms with E-state index in [4.69, 9.17) is 0 Å². The molecule has 2 aliphatic rings. The van der Waals surface area contributed by atoms with Crippen LogP contribution in [0.3, 0.4) is 0 Å². The van der Waals surface area contributed by atoms with Gasteiger partial charge in [-0.3, -0.25) is 19.4 Å². The second kappa shape index (κ2) is 4.44. The van der Waals surface area contributed by atoms with E-state index in [0.29, 0.717) is 19.4 Å². The molecule has 2 fully saturated rings. The lowest BCUT2D eigenvalue weighted by atomic mass is 10.0. The van der Waals surface area contributed by atoms with Crippen molar-refractivity contribution in [3.05, 3.63) is 0 Å². The first-order valence-electron chi connectivity index (χ1n) is 5.84. The van der Waals surface area contributed by atoms with Gasteiger partial charge in [0.05, 0.1) is 0 Å². The molecule has 0 aromatic heterocycles. The van der Waals surface area contributed by atoms with Gasteiger partial charge >= 0.3 is 0 Å². The minimum absolute atomic E-state index is 0.134. The van der Waals surface area contributed by atoms with E-state index in [-0.39, 0.29) is 24.5 Å². The van der Waals surface area contributed by atoms with Crippen molar-refractivity contribution in [1.82, 2.24) is 10.0 Å². The van der Waals surface area contributed by atoms with E-state index < -0.39 is 18.1 Å². The highest BCUT2D eigenvalue weighted by Gasteiger charge is 2.42. The first kappa shape index (κ1) is 12.0. The van der Waals surface area contributed by atoms with Crippen molar-refractivity contribution in [3.8, 4) is 0 Å². The number of hydrazine groups is 1. The van der Waals surface area contributed by atoms with Gasteiger partial charge in [0.1, 0.15) is 12.1 Å². The Labute approximate surface area is 99.1 Å². The molecule has 2 aliphatic heterocycles. The molecule has 2 amide bonds. The van der Waals surface area contributed by atoms with Crippen LogP contribution in [0.2, 0.25) is 0 Å². The smallest absolute Gasteiger partial charge is 0.270 e. The third kappa shape index (κ3) is 2.04. The highest BCUT2D eigenvalue weighted by Crippen LogP contribution is 2.24. The molecule has 0 spiro atoms. The first-order chi connectivity index (χ1) is 8.02. The lowest BCUT2D eigenvalue weighted by molar-refractivity contribution is -0.178. The zero-order valence-corrected chi connectivity index (χ0v) is 9.76. The summed E-state index contributed by atoms with van der Waals surface area (Å²) in [5, 5.41) is 12.1. The van der Waals surface area contributed by atoms with Crippen LogP contribution in [0.1, 0.15) is 32.6 Å². The number of fused-ring (bicyclic) bond motifs is 1. The van der Waals surface area contributed by atoms with E-state index in [9.17, 15) is 19.5 Å². The minimum atomic E-state index is -1.18. The molecule has 6 nitrogen and oxygen atoms in total. The normalized spacial score (nSPS) is 30.0. The molecular weight excluding hydrogens is 224 g/mol. The van der Waals surface area contributed by atoms with E-state index >= 15 is 0 Å². The van der Waals surface area contributed by atoms with Gasteiger partial charge in [-0.15, -0.1) is 0 Å². The number of nitrogens with zero attached hydrogens (tertiary/aromatic N) is 2. The number of Topliss-reactive ketones (excluding diaryl/α,β-unsaturated/α-hetero) is 1. The zero-order chi connectivity index (χ0) is 12.6. The van der Waals surface area contributed by atoms with Crippen molar-refractivity contribution in [2.45, 2.75) is 44.8 Å². The molecule has 2 heterocycles. The number of hydrogen-bond donors (Lipinski definition) is 1. The quantitative estimate of drug-likeness (QED) is 0.668. The summed E-state index contributed by atoms with van der Waals surface area (Å²) in [6.45, 7) is 1.85. The molecule has 2 atom stereocenters. The topological polar surface area (TPSA) is 77.9 Å². The lowest BCUT2D eigenvalue weighted by Crippen LogP contribution is -2.60. The summed E-state index contributed by atoms with van der Waals surface area (Å²) in [6.07, 6.45) is 0.362. The van der Waals surface area contributed by atoms with Crippen molar-refractivity contribution >= 4 is 17.6 Å². The maximum absolute atomic E-state index is 12.0. The number of hydrogen-bond acceptors (Lipinski definition) is 4. The van der Waals surface area contributed by atoms with Crippen LogP contribution >= 0.6 is 0 Å². The number of ketones is 1. The summed E-state index contributed by atoms with van der Waals surface area (Å²) >= 11 is 0. The maximum Gasteiger partial charge on any atom is 0.270 e. The van der Waals surface area contributed by atoms with E-state index in [1.54, 1.807) is 0 Å². The lowest BCUT2D eigenvalue weighted by Gasteiger charge is -2.42. The Morgan fingerprint density at radius 3 is 2.71 bits per heavy atom. The summed E-state index contributed by atoms with van der Waals surface area (Å²) in [6, 6.07) is -0.604. The molecule has 0 radical (unpaired) electrons. The van der Waals surface area contributed by atoms with Crippen molar-refractivity contribution < 1.29 is 19.5 Å². The Kier molecular flexibility index (Phi) is 3.15. The van der Waals surface area contributed by atoms with E-state index in [1.165, 1.54) is 16.9 Å². The molecule has 2 rings (SSSR count). The average molecular weight is 240 g/mol. The van der Waals surface area contributed by atoms with Crippen molar-refractivity contribution in [3.63, 3.8) is 0 Å². The summed E-state index contributed by atoms with van der Waals surface area (Å²) < 4.78 is 0. The van der Waals surface area contributed by atoms with Gasteiger partial charge in [0.15, 0.2) is 5.78 Å². The van der Waals surface area contributed by atoms with Crippen LogP contribution in [-0.4, -0.2) is 51.4 Å². The fourth-order valence-electron chi connectivity index (χ4n) is 2.39. The Morgan fingerprint density at radius 2 is 2.06 bits per heavy atom. The molecule has 0 bridgehead atoms. The van der Waals surface area contributed by atoms with Crippen LogP contribution in [-0.2, 0) is 14.4 Å². The number of aliphatic hydroxyl groups is 1. The molecular formula is C11H16N2O4. The van der Waals surface area contributed by atoms with E-state index in [0.717, 1.165) is 0 Å². The number of rotatable bonds is 1. The van der Waals surface area contributed by atoms with Crippen molar-refractivity contribution in [2.24, 2.45) is 0 Å². The number of carbonyl (C=O) groups is 3. The van der Waals surface area contributed by atoms with Crippen LogP contribution < -0.4 is 0 Å². The van der Waals surface area contributed by atoms with Gasteiger partial charge in [0.2, 0.25) is 5.91 Å². The average Bonchev–Trinajstić information content (AvgIpc) is 2.42. The van der Waals surface area contributed by atoms with Crippen LogP contribution in [0.25, 0.3) is 0 Å². The first-order valence-corrected chi connectivity index (χ1v) is 5.84. The second-order valence-electron chi connectivity index (χ2n) is 4.52. The zero-order valence-electron chi connectivity index (χ0n) is 9.76. The van der Waals surface area contributed by atoms with Crippen LogP contribution in [0.4, 0.5) is 0 Å². The molecule has 0 aliphatic carbocycles. The Hall–Kier alpha value is -1.43. The summed E-state index contributed by atoms with van der Waals surface area (Å²) in [7, 11) is 0. The molecule has 2 saturated heterocycles. The molecule has 0 aromatic carbocycles. The van der Waals surface area contributed by atoms with Gasteiger partial charge in [-0.05, 0) is 26.2 Å². The third-order valence-electron chi connectivity index (χ3n) is 3.30.